The second-order valence-electron chi connectivity index (χ2n) is 4.70. The van der Waals surface area contributed by atoms with Gasteiger partial charge in [0.2, 0.25) is 0 Å². The number of hydrogen-bond donors (Lipinski definition) is 1. The van der Waals surface area contributed by atoms with E-state index in [9.17, 15) is 4.79 Å². The predicted molar refractivity (Wildman–Crippen MR) is 71.0 cm³/mol. The molecule has 1 aliphatic rings. The number of ketones is 1. The van der Waals surface area contributed by atoms with Crippen molar-refractivity contribution in [3.63, 3.8) is 0 Å². The SMILES string of the molecule is CN[C@@H](CC1=CCc2cccc(C)c21)C(C)=O. The minimum absolute atomic E-state index is 0.0631. The molecule has 0 bridgehead atoms. The number of carbonyl (C=O) groups excluding carboxylic acids is 1. The molecule has 1 atom stereocenters. The molecule has 17 heavy (non-hydrogen) atoms. The Kier molecular flexibility index (Phi) is 3.43. The maximum absolute atomic E-state index is 11.5. The van der Waals surface area contributed by atoms with Crippen LogP contribution < -0.4 is 5.32 Å². The van der Waals surface area contributed by atoms with Crippen LogP contribution >= 0.6 is 0 Å². The van der Waals surface area contributed by atoms with Crippen LogP contribution in [0.1, 0.15) is 30.0 Å². The lowest BCUT2D eigenvalue weighted by Gasteiger charge is -2.15. The van der Waals surface area contributed by atoms with E-state index in [1.807, 2.05) is 7.05 Å². The summed E-state index contributed by atoms with van der Waals surface area (Å²) in [4.78, 5) is 11.5. The van der Waals surface area contributed by atoms with Crippen molar-refractivity contribution >= 4 is 11.4 Å². The summed E-state index contributed by atoms with van der Waals surface area (Å²) in [6, 6.07) is 6.35. The Morgan fingerprint density at radius 1 is 1.47 bits per heavy atom. The molecule has 2 heteroatoms. The van der Waals surface area contributed by atoms with Gasteiger partial charge in [0.1, 0.15) is 5.78 Å². The van der Waals surface area contributed by atoms with E-state index < -0.39 is 0 Å². The van der Waals surface area contributed by atoms with E-state index in [1.54, 1.807) is 6.92 Å². The van der Waals surface area contributed by atoms with Gasteiger partial charge in [0.05, 0.1) is 6.04 Å². The van der Waals surface area contributed by atoms with E-state index in [2.05, 4.69) is 36.5 Å². The molecule has 0 amide bonds. The maximum Gasteiger partial charge on any atom is 0.147 e. The third-order valence-electron chi connectivity index (χ3n) is 3.51. The van der Waals surface area contributed by atoms with Crippen LogP contribution in [-0.4, -0.2) is 18.9 Å². The zero-order valence-electron chi connectivity index (χ0n) is 10.7. The molecular formula is C15H19NO. The van der Waals surface area contributed by atoms with E-state index in [-0.39, 0.29) is 11.8 Å². The Bertz CT molecular complexity index is 474. The molecule has 1 N–H and O–H groups in total. The maximum atomic E-state index is 11.5. The van der Waals surface area contributed by atoms with E-state index >= 15 is 0 Å². The first kappa shape index (κ1) is 12.1. The van der Waals surface area contributed by atoms with Crippen molar-refractivity contribution in [3.8, 4) is 0 Å². The summed E-state index contributed by atoms with van der Waals surface area (Å²) in [6.07, 6.45) is 4.05. The van der Waals surface area contributed by atoms with Crippen molar-refractivity contribution in [2.24, 2.45) is 0 Å². The number of likely N-dealkylation sites (N-methyl/N-ethyl adjacent to an activating group) is 1. The van der Waals surface area contributed by atoms with Crippen LogP contribution in [0.4, 0.5) is 0 Å². The molecule has 90 valence electrons. The van der Waals surface area contributed by atoms with Crippen LogP contribution in [0.2, 0.25) is 0 Å². The highest BCUT2D eigenvalue weighted by Gasteiger charge is 2.20. The highest BCUT2D eigenvalue weighted by atomic mass is 16.1. The Hall–Kier alpha value is -1.41. The molecule has 0 saturated heterocycles. The normalized spacial score (nSPS) is 15.4. The summed E-state index contributed by atoms with van der Waals surface area (Å²) in [5.74, 6) is 0.204. The number of rotatable bonds is 4. The first-order valence-corrected chi connectivity index (χ1v) is 6.09. The number of nitrogens with one attached hydrogen (secondary N) is 1. The minimum Gasteiger partial charge on any atom is -0.310 e. The number of Topliss-reactive ketones (excluding diaryl/α,β-unsaturated/α-hetero) is 1. The molecule has 2 rings (SSSR count). The first-order valence-electron chi connectivity index (χ1n) is 6.09. The number of fused-ring (bicyclic) bond motifs is 1. The standard InChI is InChI=1S/C15H19NO/c1-10-5-4-6-12-7-8-13(15(10)12)9-14(16-3)11(2)17/h4-6,8,14,16H,7,9H2,1-3H3/t14-/m0/s1. The number of allylic oxidation sites excluding steroid dienone is 1. The van der Waals surface area contributed by atoms with Gasteiger partial charge in [-0.25, -0.2) is 0 Å². The van der Waals surface area contributed by atoms with Gasteiger partial charge in [-0.3, -0.25) is 4.79 Å². The fourth-order valence-electron chi connectivity index (χ4n) is 2.55. The molecule has 0 aliphatic heterocycles. The molecule has 0 aromatic heterocycles. The average Bonchev–Trinajstić information content (AvgIpc) is 2.70. The number of carbonyl (C=O) groups is 1. The Balaban J connectivity index is 2.25. The lowest BCUT2D eigenvalue weighted by Crippen LogP contribution is -2.32. The predicted octanol–water partition coefficient (Wildman–Crippen LogP) is 2.50. The van der Waals surface area contributed by atoms with Gasteiger partial charge >= 0.3 is 0 Å². The van der Waals surface area contributed by atoms with Crippen molar-refractivity contribution in [3.05, 3.63) is 41.0 Å². The van der Waals surface area contributed by atoms with Crippen molar-refractivity contribution < 1.29 is 4.79 Å². The lowest BCUT2D eigenvalue weighted by atomic mass is 9.94. The molecule has 0 heterocycles. The summed E-state index contributed by atoms with van der Waals surface area (Å²) < 4.78 is 0. The molecule has 0 fully saturated rings. The van der Waals surface area contributed by atoms with Gasteiger partial charge in [-0.15, -0.1) is 0 Å². The Morgan fingerprint density at radius 2 is 2.24 bits per heavy atom. The number of hydrogen-bond acceptors (Lipinski definition) is 2. The smallest absolute Gasteiger partial charge is 0.147 e. The van der Waals surface area contributed by atoms with Crippen molar-refractivity contribution in [1.29, 1.82) is 0 Å². The van der Waals surface area contributed by atoms with E-state index in [4.69, 9.17) is 0 Å². The number of aryl methyl sites for hydroxylation is 1. The lowest BCUT2D eigenvalue weighted by molar-refractivity contribution is -0.118. The summed E-state index contributed by atoms with van der Waals surface area (Å²) in [6.45, 7) is 3.79. The van der Waals surface area contributed by atoms with Gasteiger partial charge < -0.3 is 5.32 Å². The van der Waals surface area contributed by atoms with Gasteiger partial charge in [-0.05, 0) is 56.0 Å². The Labute approximate surface area is 103 Å². The monoisotopic (exact) mass is 229 g/mol. The minimum atomic E-state index is -0.0631. The zero-order valence-corrected chi connectivity index (χ0v) is 10.7. The van der Waals surface area contributed by atoms with Gasteiger partial charge in [-0.2, -0.15) is 0 Å². The largest absolute Gasteiger partial charge is 0.310 e. The molecule has 0 unspecified atom stereocenters. The Morgan fingerprint density at radius 3 is 2.88 bits per heavy atom. The topological polar surface area (TPSA) is 29.1 Å². The van der Waals surface area contributed by atoms with Gasteiger partial charge in [-0.1, -0.05) is 24.3 Å². The molecule has 2 nitrogen and oxygen atoms in total. The van der Waals surface area contributed by atoms with Crippen LogP contribution in [0, 0.1) is 6.92 Å². The van der Waals surface area contributed by atoms with Crippen LogP contribution in [-0.2, 0) is 11.2 Å². The van der Waals surface area contributed by atoms with Crippen LogP contribution in [0.5, 0.6) is 0 Å². The van der Waals surface area contributed by atoms with E-state index in [0.717, 1.165) is 12.8 Å². The number of benzene rings is 1. The van der Waals surface area contributed by atoms with Gasteiger partial charge in [0, 0.05) is 0 Å². The third-order valence-corrected chi connectivity index (χ3v) is 3.51. The van der Waals surface area contributed by atoms with Crippen LogP contribution in [0.25, 0.3) is 5.57 Å². The molecule has 1 aliphatic carbocycles. The van der Waals surface area contributed by atoms with Gasteiger partial charge in [0.25, 0.3) is 0 Å². The van der Waals surface area contributed by atoms with Crippen molar-refractivity contribution in [1.82, 2.24) is 5.32 Å². The van der Waals surface area contributed by atoms with E-state index in [1.165, 1.54) is 22.3 Å². The average molecular weight is 229 g/mol. The fraction of sp³-hybridized carbons (Fsp3) is 0.400. The molecule has 0 saturated carbocycles. The van der Waals surface area contributed by atoms with Crippen LogP contribution in [0.3, 0.4) is 0 Å². The molecule has 1 aromatic carbocycles. The summed E-state index contributed by atoms with van der Waals surface area (Å²) >= 11 is 0. The second-order valence-corrected chi connectivity index (χ2v) is 4.70. The van der Waals surface area contributed by atoms with E-state index in [0.29, 0.717) is 0 Å². The zero-order chi connectivity index (χ0) is 12.4. The van der Waals surface area contributed by atoms with Crippen molar-refractivity contribution in [2.75, 3.05) is 7.05 Å². The summed E-state index contributed by atoms with van der Waals surface area (Å²) in [7, 11) is 1.85. The molecule has 0 radical (unpaired) electrons. The summed E-state index contributed by atoms with van der Waals surface area (Å²) in [5, 5.41) is 3.09. The molecule has 1 aromatic rings. The first-order chi connectivity index (χ1) is 8.13. The fourth-order valence-corrected chi connectivity index (χ4v) is 2.55. The van der Waals surface area contributed by atoms with Crippen LogP contribution in [0.15, 0.2) is 24.3 Å². The highest BCUT2D eigenvalue weighted by molar-refractivity contribution is 5.85. The third kappa shape index (κ3) is 2.32. The molecule has 0 spiro atoms. The second kappa shape index (κ2) is 4.84. The van der Waals surface area contributed by atoms with Gasteiger partial charge in [0.15, 0.2) is 0 Å². The van der Waals surface area contributed by atoms with Crippen molar-refractivity contribution in [2.45, 2.75) is 32.7 Å². The summed E-state index contributed by atoms with van der Waals surface area (Å²) in [5.41, 5.74) is 5.37. The quantitative estimate of drug-likeness (QED) is 0.859. The molecular weight excluding hydrogens is 210 g/mol. The highest BCUT2D eigenvalue weighted by Crippen LogP contribution is 2.33.